The lowest BCUT2D eigenvalue weighted by Gasteiger charge is -2.12. The minimum absolute atomic E-state index is 0.340. The quantitative estimate of drug-likeness (QED) is 0.612. The molecular weight excluding hydrogens is 246 g/mol. The van der Waals surface area contributed by atoms with E-state index in [1.54, 1.807) is 0 Å². The molecule has 3 nitrogen and oxygen atoms in total. The fraction of sp³-hybridized carbons (Fsp3) is 0.400. The van der Waals surface area contributed by atoms with E-state index >= 15 is 0 Å². The molecule has 0 unspecified atom stereocenters. The summed E-state index contributed by atoms with van der Waals surface area (Å²) in [6.07, 6.45) is 0. The molecule has 1 heterocycles. The van der Waals surface area contributed by atoms with Crippen LogP contribution >= 0.6 is 15.9 Å². The fourth-order valence-electron chi connectivity index (χ4n) is 1.39. The summed E-state index contributed by atoms with van der Waals surface area (Å²) in [4.78, 5) is 2.16. The standard InChI is InChI=1S/C10H12BrNO2/c1-12(6-11)5-8-2-3-9-10(4-8)14-7-13-9/h2-4H,5-7H2,1H3. The highest BCUT2D eigenvalue weighted by molar-refractivity contribution is 9.09. The summed E-state index contributed by atoms with van der Waals surface area (Å²) in [5.74, 6) is 1.70. The zero-order chi connectivity index (χ0) is 9.97. The van der Waals surface area contributed by atoms with Gasteiger partial charge in [-0.05, 0) is 24.7 Å². The number of nitrogens with zero attached hydrogens (tertiary/aromatic N) is 1. The molecule has 0 aromatic heterocycles. The maximum Gasteiger partial charge on any atom is 0.231 e. The van der Waals surface area contributed by atoms with Crippen molar-refractivity contribution in [3.05, 3.63) is 23.8 Å². The van der Waals surface area contributed by atoms with Gasteiger partial charge in [0.25, 0.3) is 0 Å². The van der Waals surface area contributed by atoms with Crippen molar-refractivity contribution in [2.24, 2.45) is 0 Å². The minimum atomic E-state index is 0.340. The molecule has 4 heteroatoms. The third kappa shape index (κ3) is 2.01. The van der Waals surface area contributed by atoms with Crippen LogP contribution in [0.2, 0.25) is 0 Å². The molecule has 0 aliphatic carbocycles. The summed E-state index contributed by atoms with van der Waals surface area (Å²) >= 11 is 3.40. The Morgan fingerprint density at radius 2 is 2.14 bits per heavy atom. The van der Waals surface area contributed by atoms with Crippen LogP contribution in [0, 0.1) is 0 Å². The third-order valence-electron chi connectivity index (χ3n) is 2.09. The van der Waals surface area contributed by atoms with E-state index in [2.05, 4.69) is 33.9 Å². The summed E-state index contributed by atoms with van der Waals surface area (Å²) < 4.78 is 10.5. The van der Waals surface area contributed by atoms with E-state index in [-0.39, 0.29) is 0 Å². The molecule has 0 fully saturated rings. The van der Waals surface area contributed by atoms with Crippen molar-refractivity contribution in [2.45, 2.75) is 6.54 Å². The maximum atomic E-state index is 5.30. The van der Waals surface area contributed by atoms with Crippen molar-refractivity contribution in [1.82, 2.24) is 4.90 Å². The van der Waals surface area contributed by atoms with Gasteiger partial charge in [-0.2, -0.15) is 0 Å². The number of alkyl halides is 1. The minimum Gasteiger partial charge on any atom is -0.454 e. The van der Waals surface area contributed by atoms with E-state index < -0.39 is 0 Å². The molecule has 0 amide bonds. The largest absolute Gasteiger partial charge is 0.454 e. The third-order valence-corrected chi connectivity index (χ3v) is 2.95. The van der Waals surface area contributed by atoms with Gasteiger partial charge in [-0.15, -0.1) is 0 Å². The van der Waals surface area contributed by atoms with Crippen LogP contribution in [0.1, 0.15) is 5.56 Å². The molecule has 1 aliphatic heterocycles. The zero-order valence-corrected chi connectivity index (χ0v) is 9.58. The maximum absolute atomic E-state index is 5.30. The first kappa shape index (κ1) is 9.80. The normalized spacial score (nSPS) is 13.6. The van der Waals surface area contributed by atoms with Crippen LogP contribution in [0.15, 0.2) is 18.2 Å². The van der Waals surface area contributed by atoms with Gasteiger partial charge in [-0.25, -0.2) is 0 Å². The molecule has 0 N–H and O–H groups in total. The van der Waals surface area contributed by atoms with Crippen LogP contribution in [0.3, 0.4) is 0 Å². The van der Waals surface area contributed by atoms with E-state index in [1.165, 1.54) is 5.56 Å². The van der Waals surface area contributed by atoms with E-state index in [4.69, 9.17) is 9.47 Å². The lowest BCUT2D eigenvalue weighted by atomic mass is 10.2. The molecule has 1 aromatic carbocycles. The van der Waals surface area contributed by atoms with Gasteiger partial charge in [0, 0.05) is 6.54 Å². The molecule has 1 aromatic rings. The molecule has 0 spiro atoms. The molecule has 0 saturated carbocycles. The lowest BCUT2D eigenvalue weighted by Crippen LogP contribution is -2.14. The van der Waals surface area contributed by atoms with Gasteiger partial charge in [0.15, 0.2) is 11.5 Å². The highest BCUT2D eigenvalue weighted by Crippen LogP contribution is 2.32. The van der Waals surface area contributed by atoms with Gasteiger partial charge in [-0.3, -0.25) is 4.90 Å². The molecule has 0 radical (unpaired) electrons. The lowest BCUT2D eigenvalue weighted by molar-refractivity contribution is 0.174. The van der Waals surface area contributed by atoms with Gasteiger partial charge in [0.05, 0.1) is 5.45 Å². The van der Waals surface area contributed by atoms with Crippen LogP contribution < -0.4 is 9.47 Å². The number of hydrogen-bond donors (Lipinski definition) is 0. The van der Waals surface area contributed by atoms with Crippen molar-refractivity contribution in [3.63, 3.8) is 0 Å². The Bertz CT molecular complexity index is 330. The monoisotopic (exact) mass is 257 g/mol. The summed E-state index contributed by atoms with van der Waals surface area (Å²) in [6, 6.07) is 6.05. The Labute approximate surface area is 91.7 Å². The van der Waals surface area contributed by atoms with Gasteiger partial charge in [0.2, 0.25) is 6.79 Å². The van der Waals surface area contributed by atoms with Crippen molar-refractivity contribution < 1.29 is 9.47 Å². The summed E-state index contributed by atoms with van der Waals surface area (Å²) in [5.41, 5.74) is 2.10. The van der Waals surface area contributed by atoms with E-state index in [0.29, 0.717) is 6.79 Å². The number of halogens is 1. The first-order valence-electron chi connectivity index (χ1n) is 4.42. The average molecular weight is 258 g/mol. The number of ether oxygens (including phenoxy) is 2. The predicted octanol–water partition coefficient (Wildman–Crippen LogP) is 2.20. The second-order valence-electron chi connectivity index (χ2n) is 3.32. The molecule has 0 bridgehead atoms. The summed E-state index contributed by atoms with van der Waals surface area (Å²) in [5, 5.41) is 0. The number of fused-ring (bicyclic) bond motifs is 1. The summed E-state index contributed by atoms with van der Waals surface area (Å²) in [6.45, 7) is 1.25. The molecule has 2 rings (SSSR count). The molecule has 0 saturated heterocycles. The van der Waals surface area contributed by atoms with Crippen molar-refractivity contribution in [2.75, 3.05) is 19.3 Å². The van der Waals surface area contributed by atoms with Gasteiger partial charge in [-0.1, -0.05) is 22.0 Å². The zero-order valence-electron chi connectivity index (χ0n) is 8.00. The van der Waals surface area contributed by atoms with Crippen LogP contribution in [-0.4, -0.2) is 24.2 Å². The van der Waals surface area contributed by atoms with Crippen LogP contribution in [-0.2, 0) is 6.54 Å². The molecule has 76 valence electrons. The first-order valence-corrected chi connectivity index (χ1v) is 5.55. The van der Waals surface area contributed by atoms with E-state index in [0.717, 1.165) is 23.5 Å². The van der Waals surface area contributed by atoms with Gasteiger partial charge in [0.1, 0.15) is 0 Å². The molecule has 1 aliphatic rings. The van der Waals surface area contributed by atoms with Crippen molar-refractivity contribution in [3.8, 4) is 11.5 Å². The Hall–Kier alpha value is -0.740. The van der Waals surface area contributed by atoms with Crippen LogP contribution in [0.25, 0.3) is 0 Å². The predicted molar refractivity (Wildman–Crippen MR) is 57.8 cm³/mol. The first-order chi connectivity index (χ1) is 6.79. The Kier molecular flexibility index (Phi) is 2.93. The van der Waals surface area contributed by atoms with Crippen molar-refractivity contribution >= 4 is 15.9 Å². The van der Waals surface area contributed by atoms with Gasteiger partial charge < -0.3 is 9.47 Å². The topological polar surface area (TPSA) is 21.7 Å². The van der Waals surface area contributed by atoms with Crippen LogP contribution in [0.5, 0.6) is 11.5 Å². The van der Waals surface area contributed by atoms with Gasteiger partial charge >= 0.3 is 0 Å². The number of hydrogen-bond acceptors (Lipinski definition) is 3. The SMILES string of the molecule is CN(CBr)Cc1ccc2c(c1)OCO2. The Morgan fingerprint density at radius 3 is 2.93 bits per heavy atom. The molecule has 0 atom stereocenters. The highest BCUT2D eigenvalue weighted by atomic mass is 79.9. The molecular formula is C10H12BrNO2. The molecule has 14 heavy (non-hydrogen) atoms. The van der Waals surface area contributed by atoms with E-state index in [1.807, 2.05) is 12.1 Å². The Balaban J connectivity index is 2.12. The average Bonchev–Trinajstić information content (AvgIpc) is 2.64. The fourth-order valence-corrected chi connectivity index (χ4v) is 1.57. The summed E-state index contributed by atoms with van der Waals surface area (Å²) in [7, 11) is 2.05. The number of rotatable bonds is 3. The van der Waals surface area contributed by atoms with E-state index in [9.17, 15) is 0 Å². The van der Waals surface area contributed by atoms with Crippen LogP contribution in [0.4, 0.5) is 0 Å². The second kappa shape index (κ2) is 4.19. The van der Waals surface area contributed by atoms with Crippen molar-refractivity contribution in [1.29, 1.82) is 0 Å². The second-order valence-corrected chi connectivity index (χ2v) is 3.82. The Morgan fingerprint density at radius 1 is 1.36 bits per heavy atom. The number of benzene rings is 1. The smallest absolute Gasteiger partial charge is 0.231 e. The highest BCUT2D eigenvalue weighted by Gasteiger charge is 2.13.